The number of nitrogens with zero attached hydrogens (tertiary/aromatic N) is 4. The Bertz CT molecular complexity index is 1290. The van der Waals surface area contributed by atoms with Crippen LogP contribution in [0, 0.1) is 10.1 Å². The van der Waals surface area contributed by atoms with Gasteiger partial charge in [0.05, 0.1) is 16.3 Å². The maximum absolute atomic E-state index is 12.9. The van der Waals surface area contributed by atoms with Crippen molar-refractivity contribution in [1.29, 1.82) is 0 Å². The van der Waals surface area contributed by atoms with Crippen LogP contribution in [0.15, 0.2) is 91.0 Å². The van der Waals surface area contributed by atoms with Crippen LogP contribution in [0.3, 0.4) is 0 Å². The van der Waals surface area contributed by atoms with Crippen LogP contribution in [-0.2, 0) is 0 Å². The van der Waals surface area contributed by atoms with E-state index in [0.717, 1.165) is 11.1 Å². The van der Waals surface area contributed by atoms with Crippen molar-refractivity contribution in [2.24, 2.45) is 0 Å². The summed E-state index contributed by atoms with van der Waals surface area (Å²) in [4.78, 5) is 23.4. The second-order valence-electron chi connectivity index (χ2n) is 6.86. The quantitative estimate of drug-likeness (QED) is 0.176. The van der Waals surface area contributed by atoms with Crippen LogP contribution in [0.25, 0.3) is 23.9 Å². The summed E-state index contributed by atoms with van der Waals surface area (Å²) >= 11 is 0. The minimum Gasteiger partial charge on any atom is -0.287 e. The van der Waals surface area contributed by atoms with Crippen molar-refractivity contribution in [2.75, 3.05) is 0 Å². The molecule has 4 rings (SSSR count). The zero-order chi connectivity index (χ0) is 22.3. The Morgan fingerprint density at radius 3 is 2.00 bits per heavy atom. The van der Waals surface area contributed by atoms with Gasteiger partial charge in [-0.15, -0.1) is 5.10 Å². The highest BCUT2D eigenvalue weighted by molar-refractivity contribution is 6.07. The first-order valence-electron chi connectivity index (χ1n) is 9.83. The van der Waals surface area contributed by atoms with Gasteiger partial charge in [-0.25, -0.2) is 4.68 Å². The molecule has 4 aromatic rings. The van der Waals surface area contributed by atoms with Crippen molar-refractivity contribution < 1.29 is 9.72 Å². The molecule has 0 saturated heterocycles. The Hall–Kier alpha value is -4.65. The van der Waals surface area contributed by atoms with Crippen LogP contribution < -0.4 is 0 Å². The Balaban J connectivity index is 1.72. The van der Waals surface area contributed by atoms with Crippen LogP contribution in [0.5, 0.6) is 0 Å². The molecule has 0 aliphatic carbocycles. The number of hydrogen-bond acceptors (Lipinski definition) is 5. The van der Waals surface area contributed by atoms with E-state index < -0.39 is 4.92 Å². The lowest BCUT2D eigenvalue weighted by molar-refractivity contribution is -0.384. The van der Waals surface area contributed by atoms with Crippen molar-refractivity contribution in [3.63, 3.8) is 0 Å². The minimum absolute atomic E-state index is 0.0302. The highest BCUT2D eigenvalue weighted by Gasteiger charge is 2.18. The number of nitro groups is 1. The van der Waals surface area contributed by atoms with Crippen molar-refractivity contribution >= 4 is 29.7 Å². The van der Waals surface area contributed by atoms with E-state index in [0.29, 0.717) is 11.4 Å². The molecular formula is C25H18N4O3. The third-order valence-corrected chi connectivity index (χ3v) is 4.70. The molecule has 0 amide bonds. The molecule has 0 saturated carbocycles. The number of hydrogen-bond donors (Lipinski definition) is 0. The molecule has 1 aromatic heterocycles. The summed E-state index contributed by atoms with van der Waals surface area (Å²) in [6, 6.07) is 25.0. The van der Waals surface area contributed by atoms with E-state index >= 15 is 0 Å². The smallest absolute Gasteiger partial charge is 0.269 e. The third kappa shape index (κ3) is 4.73. The van der Waals surface area contributed by atoms with Gasteiger partial charge in [-0.2, -0.15) is 0 Å². The first kappa shape index (κ1) is 20.6. The summed E-state index contributed by atoms with van der Waals surface area (Å²) in [6.07, 6.45) is 6.80. The predicted molar refractivity (Wildman–Crippen MR) is 123 cm³/mol. The Labute approximate surface area is 184 Å². The van der Waals surface area contributed by atoms with E-state index in [1.54, 1.807) is 24.3 Å². The molecule has 0 fully saturated rings. The summed E-state index contributed by atoms with van der Waals surface area (Å²) in [5.74, 6) is -0.297. The van der Waals surface area contributed by atoms with E-state index in [-0.39, 0.29) is 17.2 Å². The van der Waals surface area contributed by atoms with Crippen molar-refractivity contribution in [2.45, 2.75) is 0 Å². The van der Waals surface area contributed by atoms with E-state index in [1.165, 1.54) is 22.9 Å². The molecular weight excluding hydrogens is 404 g/mol. The summed E-state index contributed by atoms with van der Waals surface area (Å²) in [7, 11) is 0. The fourth-order valence-electron chi connectivity index (χ4n) is 3.07. The van der Waals surface area contributed by atoms with Crippen LogP contribution in [0.1, 0.15) is 27.3 Å². The highest BCUT2D eigenvalue weighted by atomic mass is 16.6. The topological polar surface area (TPSA) is 90.9 Å². The van der Waals surface area contributed by atoms with Crippen LogP contribution in [0.2, 0.25) is 0 Å². The zero-order valence-electron chi connectivity index (χ0n) is 16.9. The lowest BCUT2D eigenvalue weighted by Crippen LogP contribution is -2.02. The molecule has 0 aliphatic heterocycles. The molecule has 156 valence electrons. The van der Waals surface area contributed by atoms with Gasteiger partial charge in [0.15, 0.2) is 5.69 Å². The highest BCUT2D eigenvalue weighted by Crippen LogP contribution is 2.20. The Morgan fingerprint density at radius 2 is 1.41 bits per heavy atom. The summed E-state index contributed by atoms with van der Waals surface area (Å²) < 4.78 is 1.49. The fourth-order valence-corrected chi connectivity index (χ4v) is 3.07. The van der Waals surface area contributed by atoms with Gasteiger partial charge in [-0.05, 0) is 35.4 Å². The number of nitro benzene ring substituents is 1. The number of carbonyl (C=O) groups excluding carboxylic acids is 1. The fraction of sp³-hybridized carbons (Fsp3) is 0. The number of non-ortho nitro benzene ring substituents is 1. The SMILES string of the molecule is O=C(/C=C/c1ccccc1)c1nnn(-c2ccc([N+](=O)[O-])cc2)c1/C=C/c1ccccc1. The molecule has 0 spiro atoms. The van der Waals surface area contributed by atoms with E-state index in [1.807, 2.05) is 66.7 Å². The molecule has 0 N–H and O–H groups in total. The normalized spacial score (nSPS) is 11.2. The Morgan fingerprint density at radius 1 is 0.812 bits per heavy atom. The van der Waals surface area contributed by atoms with Gasteiger partial charge in [0.25, 0.3) is 5.69 Å². The zero-order valence-corrected chi connectivity index (χ0v) is 16.9. The molecule has 0 unspecified atom stereocenters. The van der Waals surface area contributed by atoms with Crippen LogP contribution in [0.4, 0.5) is 5.69 Å². The first-order valence-corrected chi connectivity index (χ1v) is 9.83. The average molecular weight is 422 g/mol. The number of aromatic nitrogens is 3. The van der Waals surface area contributed by atoms with Crippen molar-refractivity contribution in [3.05, 3.63) is 124 Å². The van der Waals surface area contributed by atoms with Crippen LogP contribution >= 0.6 is 0 Å². The van der Waals surface area contributed by atoms with Crippen molar-refractivity contribution in [1.82, 2.24) is 15.0 Å². The third-order valence-electron chi connectivity index (χ3n) is 4.70. The number of allylic oxidation sites excluding steroid dienone is 1. The lowest BCUT2D eigenvalue weighted by atomic mass is 10.1. The number of rotatable bonds is 7. The Kier molecular flexibility index (Phi) is 6.08. The van der Waals surface area contributed by atoms with E-state index in [2.05, 4.69) is 10.3 Å². The average Bonchev–Trinajstić information content (AvgIpc) is 3.26. The molecule has 0 bridgehead atoms. The lowest BCUT2D eigenvalue weighted by Gasteiger charge is -2.04. The first-order chi connectivity index (χ1) is 15.6. The molecule has 1 heterocycles. The largest absolute Gasteiger partial charge is 0.287 e. The maximum atomic E-state index is 12.9. The van der Waals surface area contributed by atoms with Gasteiger partial charge < -0.3 is 0 Å². The molecule has 0 aliphatic rings. The van der Waals surface area contributed by atoms with Gasteiger partial charge >= 0.3 is 0 Å². The molecule has 0 radical (unpaired) electrons. The molecule has 32 heavy (non-hydrogen) atoms. The molecule has 7 heteroatoms. The van der Waals surface area contributed by atoms with Gasteiger partial charge in [0.2, 0.25) is 5.78 Å². The number of carbonyl (C=O) groups is 1. The monoisotopic (exact) mass is 422 g/mol. The minimum atomic E-state index is -0.468. The maximum Gasteiger partial charge on any atom is 0.269 e. The van der Waals surface area contributed by atoms with Gasteiger partial charge in [0.1, 0.15) is 0 Å². The van der Waals surface area contributed by atoms with Gasteiger partial charge in [-0.3, -0.25) is 14.9 Å². The molecule has 0 atom stereocenters. The van der Waals surface area contributed by atoms with Gasteiger partial charge in [0, 0.05) is 12.1 Å². The second-order valence-corrected chi connectivity index (χ2v) is 6.86. The van der Waals surface area contributed by atoms with Crippen LogP contribution in [-0.4, -0.2) is 25.7 Å². The second kappa shape index (κ2) is 9.44. The van der Waals surface area contributed by atoms with Gasteiger partial charge in [-0.1, -0.05) is 78.0 Å². The standard InChI is InChI=1S/C25H18N4O3/c30-24(18-12-20-9-5-2-6-10-20)25-23(17-11-19-7-3-1-4-8-19)28(27-26-25)21-13-15-22(16-14-21)29(31)32/h1-18H/b17-11+,18-12+. The number of ketones is 1. The molecule has 3 aromatic carbocycles. The summed E-state index contributed by atoms with van der Waals surface area (Å²) in [6.45, 7) is 0. The van der Waals surface area contributed by atoms with E-state index in [4.69, 9.17) is 0 Å². The molecule has 7 nitrogen and oxygen atoms in total. The summed E-state index contributed by atoms with van der Waals surface area (Å²) in [5, 5.41) is 19.2. The van der Waals surface area contributed by atoms with Crippen molar-refractivity contribution in [3.8, 4) is 5.69 Å². The van der Waals surface area contributed by atoms with E-state index in [9.17, 15) is 14.9 Å². The predicted octanol–water partition coefficient (Wildman–Crippen LogP) is 5.24. The number of benzene rings is 3. The summed E-state index contributed by atoms with van der Waals surface area (Å²) in [5.41, 5.74) is 3.03.